The van der Waals surface area contributed by atoms with E-state index in [1.807, 2.05) is 23.1 Å². The summed E-state index contributed by atoms with van der Waals surface area (Å²) in [5, 5.41) is 3.55. The fourth-order valence-electron chi connectivity index (χ4n) is 4.68. The maximum atomic E-state index is 13.0. The van der Waals surface area contributed by atoms with Crippen molar-refractivity contribution in [3.8, 4) is 11.5 Å². The summed E-state index contributed by atoms with van der Waals surface area (Å²) in [6.45, 7) is 5.87. The average molecular weight is 375 g/mol. The number of carbonyl (C=O) groups excluding carboxylic acids is 1. The van der Waals surface area contributed by atoms with Crippen LogP contribution in [0.15, 0.2) is 18.2 Å². The molecule has 1 aromatic carbocycles. The van der Waals surface area contributed by atoms with E-state index in [1.54, 1.807) is 14.2 Å². The monoisotopic (exact) mass is 374 g/mol. The molecule has 0 spiro atoms. The molecule has 1 saturated carbocycles. The van der Waals surface area contributed by atoms with Gasteiger partial charge in [-0.1, -0.05) is 26.7 Å². The van der Waals surface area contributed by atoms with Crippen molar-refractivity contribution in [3.63, 3.8) is 0 Å². The van der Waals surface area contributed by atoms with Crippen molar-refractivity contribution in [2.75, 3.05) is 27.3 Å². The number of benzene rings is 1. The van der Waals surface area contributed by atoms with Gasteiger partial charge in [0.1, 0.15) is 11.5 Å². The second kappa shape index (κ2) is 8.96. The molecule has 1 heterocycles. The number of hydrogen-bond donors (Lipinski definition) is 1. The van der Waals surface area contributed by atoms with Gasteiger partial charge in [-0.15, -0.1) is 0 Å². The number of hydrogen-bond acceptors (Lipinski definition) is 4. The lowest BCUT2D eigenvalue weighted by molar-refractivity contribution is -0.131. The third-order valence-corrected chi connectivity index (χ3v) is 6.59. The van der Waals surface area contributed by atoms with Crippen LogP contribution in [0.2, 0.25) is 0 Å². The summed E-state index contributed by atoms with van der Waals surface area (Å²) in [5.41, 5.74) is 1.04. The molecule has 1 aliphatic carbocycles. The van der Waals surface area contributed by atoms with E-state index in [4.69, 9.17) is 9.47 Å². The molecule has 0 bridgehead atoms. The number of ether oxygens (including phenoxy) is 2. The molecule has 3 rings (SSSR count). The molecule has 1 saturated heterocycles. The van der Waals surface area contributed by atoms with Gasteiger partial charge in [-0.2, -0.15) is 0 Å². The normalized spacial score (nSPS) is 28.2. The van der Waals surface area contributed by atoms with Crippen molar-refractivity contribution in [2.24, 2.45) is 11.8 Å². The highest BCUT2D eigenvalue weighted by molar-refractivity contribution is 5.79. The number of likely N-dealkylation sites (tertiary alicyclic amines) is 1. The average Bonchev–Trinajstić information content (AvgIpc) is 3.18. The van der Waals surface area contributed by atoms with Gasteiger partial charge in [0, 0.05) is 18.2 Å². The van der Waals surface area contributed by atoms with Crippen LogP contribution in [0.3, 0.4) is 0 Å². The van der Waals surface area contributed by atoms with Crippen LogP contribution < -0.4 is 14.8 Å². The number of rotatable bonds is 6. The summed E-state index contributed by atoms with van der Waals surface area (Å²) in [6, 6.07) is 6.35. The van der Waals surface area contributed by atoms with Gasteiger partial charge >= 0.3 is 0 Å². The molecule has 2 aliphatic rings. The Kier molecular flexibility index (Phi) is 6.64. The minimum Gasteiger partial charge on any atom is -0.497 e. The van der Waals surface area contributed by atoms with Gasteiger partial charge < -0.3 is 19.7 Å². The molecule has 1 aliphatic heterocycles. The Balaban J connectivity index is 1.68. The van der Waals surface area contributed by atoms with Gasteiger partial charge in [-0.25, -0.2) is 0 Å². The van der Waals surface area contributed by atoms with E-state index in [9.17, 15) is 4.79 Å². The summed E-state index contributed by atoms with van der Waals surface area (Å²) >= 11 is 0. The van der Waals surface area contributed by atoms with Crippen molar-refractivity contribution in [1.82, 2.24) is 10.2 Å². The SMILES string of the molecule is COc1ccc(OC)c(C2CCCN2C(=O)CNC2CCCC(C)C2C)c1. The quantitative estimate of drug-likeness (QED) is 0.823. The number of carbonyl (C=O) groups is 1. The molecule has 1 amide bonds. The molecular formula is C22H34N2O3. The van der Waals surface area contributed by atoms with E-state index >= 15 is 0 Å². The molecule has 1 N–H and O–H groups in total. The van der Waals surface area contributed by atoms with E-state index in [0.29, 0.717) is 18.5 Å². The molecule has 2 fully saturated rings. The van der Waals surface area contributed by atoms with E-state index in [-0.39, 0.29) is 11.9 Å². The largest absolute Gasteiger partial charge is 0.497 e. The third kappa shape index (κ3) is 4.40. The van der Waals surface area contributed by atoms with Crippen LogP contribution in [-0.2, 0) is 4.79 Å². The number of nitrogens with one attached hydrogen (secondary N) is 1. The van der Waals surface area contributed by atoms with Crippen LogP contribution in [0.4, 0.5) is 0 Å². The van der Waals surface area contributed by atoms with Crippen LogP contribution in [0.1, 0.15) is 57.6 Å². The Morgan fingerprint density at radius 1 is 1.15 bits per heavy atom. The summed E-state index contributed by atoms with van der Waals surface area (Å²) in [5.74, 6) is 3.16. The van der Waals surface area contributed by atoms with Gasteiger partial charge in [0.25, 0.3) is 0 Å². The van der Waals surface area contributed by atoms with Crippen molar-refractivity contribution in [2.45, 2.75) is 58.0 Å². The first-order chi connectivity index (χ1) is 13.0. The van der Waals surface area contributed by atoms with Crippen molar-refractivity contribution in [3.05, 3.63) is 23.8 Å². The predicted octanol–water partition coefficient (Wildman–Crippen LogP) is 3.78. The van der Waals surface area contributed by atoms with E-state index in [2.05, 4.69) is 19.2 Å². The second-order valence-electron chi connectivity index (χ2n) is 8.11. The molecule has 27 heavy (non-hydrogen) atoms. The van der Waals surface area contributed by atoms with Gasteiger partial charge in [0.05, 0.1) is 26.8 Å². The highest BCUT2D eigenvalue weighted by Crippen LogP contribution is 2.39. The van der Waals surface area contributed by atoms with E-state index < -0.39 is 0 Å². The molecule has 4 atom stereocenters. The Morgan fingerprint density at radius 3 is 2.70 bits per heavy atom. The lowest BCUT2D eigenvalue weighted by Crippen LogP contribution is -2.46. The second-order valence-corrected chi connectivity index (χ2v) is 8.11. The molecule has 150 valence electrons. The molecular weight excluding hydrogens is 340 g/mol. The number of amides is 1. The van der Waals surface area contributed by atoms with Gasteiger partial charge in [0.15, 0.2) is 0 Å². The van der Waals surface area contributed by atoms with Crippen LogP contribution in [0.25, 0.3) is 0 Å². The summed E-state index contributed by atoms with van der Waals surface area (Å²) in [6.07, 6.45) is 5.72. The molecule has 0 aromatic heterocycles. The summed E-state index contributed by atoms with van der Waals surface area (Å²) in [7, 11) is 3.35. The Hall–Kier alpha value is -1.75. The highest BCUT2D eigenvalue weighted by atomic mass is 16.5. The zero-order valence-corrected chi connectivity index (χ0v) is 17.2. The van der Waals surface area contributed by atoms with Gasteiger partial charge in [0.2, 0.25) is 5.91 Å². The zero-order valence-electron chi connectivity index (χ0n) is 17.2. The molecule has 5 heteroatoms. The standard InChI is InChI=1S/C22H34N2O3/c1-15-7-5-8-19(16(15)2)23-14-22(25)24-12-6-9-20(24)18-13-17(26-3)10-11-21(18)27-4/h10-11,13,15-16,19-20,23H,5-9,12,14H2,1-4H3. The zero-order chi connectivity index (χ0) is 19.4. The maximum absolute atomic E-state index is 13.0. The number of methoxy groups -OCH3 is 2. The predicted molar refractivity (Wildman–Crippen MR) is 107 cm³/mol. The Morgan fingerprint density at radius 2 is 1.96 bits per heavy atom. The minimum atomic E-state index is 0.0621. The van der Waals surface area contributed by atoms with E-state index in [0.717, 1.165) is 42.4 Å². The fourth-order valence-corrected chi connectivity index (χ4v) is 4.68. The topological polar surface area (TPSA) is 50.8 Å². The smallest absolute Gasteiger partial charge is 0.237 e. The first-order valence-corrected chi connectivity index (χ1v) is 10.3. The fraction of sp³-hybridized carbons (Fsp3) is 0.682. The van der Waals surface area contributed by atoms with Crippen LogP contribution in [-0.4, -0.2) is 44.2 Å². The van der Waals surface area contributed by atoms with Gasteiger partial charge in [-0.05, 0) is 49.3 Å². The van der Waals surface area contributed by atoms with Crippen molar-refractivity contribution < 1.29 is 14.3 Å². The highest BCUT2D eigenvalue weighted by Gasteiger charge is 2.33. The lowest BCUT2D eigenvalue weighted by Gasteiger charge is -2.35. The lowest BCUT2D eigenvalue weighted by atomic mass is 9.78. The minimum absolute atomic E-state index is 0.0621. The van der Waals surface area contributed by atoms with Crippen molar-refractivity contribution in [1.29, 1.82) is 0 Å². The Bertz CT molecular complexity index is 648. The summed E-state index contributed by atoms with van der Waals surface area (Å²) in [4.78, 5) is 15.0. The first kappa shape index (κ1) is 20.0. The van der Waals surface area contributed by atoms with E-state index in [1.165, 1.54) is 19.3 Å². The summed E-state index contributed by atoms with van der Waals surface area (Å²) < 4.78 is 10.9. The van der Waals surface area contributed by atoms with Crippen molar-refractivity contribution >= 4 is 5.91 Å². The maximum Gasteiger partial charge on any atom is 0.237 e. The third-order valence-electron chi connectivity index (χ3n) is 6.59. The molecule has 4 unspecified atom stereocenters. The molecule has 1 aromatic rings. The molecule has 5 nitrogen and oxygen atoms in total. The number of nitrogens with zero attached hydrogens (tertiary/aromatic N) is 1. The molecule has 0 radical (unpaired) electrons. The van der Waals surface area contributed by atoms with Gasteiger partial charge in [-0.3, -0.25) is 4.79 Å². The van der Waals surface area contributed by atoms with Crippen LogP contribution in [0, 0.1) is 11.8 Å². The Labute approximate surface area is 163 Å². The first-order valence-electron chi connectivity index (χ1n) is 10.3. The van der Waals surface area contributed by atoms with Crippen LogP contribution in [0.5, 0.6) is 11.5 Å². The van der Waals surface area contributed by atoms with Crippen LogP contribution >= 0.6 is 0 Å².